The number of aryl methyl sites for hydroxylation is 1. The number of nitrogens with zero attached hydrogens (tertiary/aromatic N) is 2. The number of carbonyl (C=O) groups excluding carboxylic acids is 1. The molecule has 20 heavy (non-hydrogen) atoms. The molecule has 1 aromatic rings. The van der Waals surface area contributed by atoms with Gasteiger partial charge in [-0.1, -0.05) is 6.42 Å². The lowest BCUT2D eigenvalue weighted by Crippen LogP contribution is -2.42. The predicted molar refractivity (Wildman–Crippen MR) is 76.4 cm³/mol. The first kappa shape index (κ1) is 13.6. The number of hydrogen-bond donors (Lipinski definition) is 1. The summed E-state index contributed by atoms with van der Waals surface area (Å²) in [6, 6.07) is 2.11. The van der Waals surface area contributed by atoms with Crippen LogP contribution in [0.5, 0.6) is 0 Å². The molecule has 2 fully saturated rings. The first-order valence-corrected chi connectivity index (χ1v) is 7.57. The third-order valence-corrected chi connectivity index (χ3v) is 4.71. The number of amides is 1. The zero-order valence-corrected chi connectivity index (χ0v) is 12.0. The van der Waals surface area contributed by atoms with E-state index in [2.05, 4.69) is 4.98 Å². The molecule has 1 aromatic heterocycles. The summed E-state index contributed by atoms with van der Waals surface area (Å²) in [5.74, 6) is 0.335. The molecule has 1 aliphatic carbocycles. The van der Waals surface area contributed by atoms with E-state index >= 15 is 0 Å². The van der Waals surface area contributed by atoms with Crippen LogP contribution in [0, 0.1) is 12.8 Å². The average Bonchev–Trinajstić information content (AvgIpc) is 3.06. The Morgan fingerprint density at radius 1 is 1.30 bits per heavy atom. The van der Waals surface area contributed by atoms with Crippen molar-refractivity contribution in [3.05, 3.63) is 29.6 Å². The molecule has 1 aliphatic heterocycles. The lowest BCUT2D eigenvalue weighted by atomic mass is 9.93. The van der Waals surface area contributed by atoms with E-state index in [-0.39, 0.29) is 24.0 Å². The Kier molecular flexibility index (Phi) is 3.74. The van der Waals surface area contributed by atoms with Crippen molar-refractivity contribution in [3.8, 4) is 0 Å². The van der Waals surface area contributed by atoms with Gasteiger partial charge in [0.25, 0.3) is 5.91 Å². The van der Waals surface area contributed by atoms with E-state index in [9.17, 15) is 9.90 Å². The van der Waals surface area contributed by atoms with Gasteiger partial charge in [-0.05, 0) is 44.2 Å². The molecule has 4 heteroatoms. The van der Waals surface area contributed by atoms with Gasteiger partial charge in [0.05, 0.1) is 11.7 Å². The Bertz CT molecular complexity index is 503. The van der Waals surface area contributed by atoms with Gasteiger partial charge < -0.3 is 10.0 Å². The van der Waals surface area contributed by atoms with Crippen LogP contribution >= 0.6 is 0 Å². The normalized spacial score (nSPS) is 29.9. The highest BCUT2D eigenvalue weighted by Crippen LogP contribution is 2.36. The van der Waals surface area contributed by atoms with Gasteiger partial charge in [-0.3, -0.25) is 9.78 Å². The first-order valence-electron chi connectivity index (χ1n) is 7.57. The summed E-state index contributed by atoms with van der Waals surface area (Å²) < 4.78 is 0. The quantitative estimate of drug-likeness (QED) is 0.899. The van der Waals surface area contributed by atoms with Crippen LogP contribution in [0.25, 0.3) is 0 Å². The molecule has 1 N–H and O–H groups in total. The lowest BCUT2D eigenvalue weighted by molar-refractivity contribution is 0.0527. The third kappa shape index (κ3) is 2.44. The topological polar surface area (TPSA) is 53.4 Å². The molecule has 0 spiro atoms. The zero-order chi connectivity index (χ0) is 14.1. The lowest BCUT2D eigenvalue weighted by Gasteiger charge is -2.31. The van der Waals surface area contributed by atoms with Gasteiger partial charge in [0.2, 0.25) is 0 Å². The third-order valence-electron chi connectivity index (χ3n) is 4.71. The molecule has 2 aliphatic rings. The van der Waals surface area contributed by atoms with E-state index in [4.69, 9.17) is 0 Å². The van der Waals surface area contributed by atoms with Gasteiger partial charge >= 0.3 is 0 Å². The largest absolute Gasteiger partial charge is 0.393 e. The minimum atomic E-state index is -0.232. The maximum absolute atomic E-state index is 12.7. The molecule has 1 saturated heterocycles. The predicted octanol–water partition coefficient (Wildman–Crippen LogP) is 2.16. The van der Waals surface area contributed by atoms with Crippen molar-refractivity contribution in [2.24, 2.45) is 5.92 Å². The van der Waals surface area contributed by atoms with Crippen LogP contribution in [0.4, 0.5) is 0 Å². The van der Waals surface area contributed by atoms with E-state index in [1.165, 1.54) is 0 Å². The average molecular weight is 274 g/mol. The Morgan fingerprint density at radius 2 is 2.15 bits per heavy atom. The maximum atomic E-state index is 12.7. The minimum Gasteiger partial charge on any atom is -0.393 e. The highest BCUT2D eigenvalue weighted by atomic mass is 16.3. The molecular formula is C16H22N2O2. The molecule has 108 valence electrons. The summed E-state index contributed by atoms with van der Waals surface area (Å²) in [6.07, 6.45) is 8.25. The van der Waals surface area contributed by atoms with Gasteiger partial charge in [-0.25, -0.2) is 0 Å². The van der Waals surface area contributed by atoms with Crippen LogP contribution in [0.2, 0.25) is 0 Å². The fraction of sp³-hybridized carbons (Fsp3) is 0.625. The molecule has 4 nitrogen and oxygen atoms in total. The molecule has 3 atom stereocenters. The second-order valence-electron chi connectivity index (χ2n) is 6.12. The summed E-state index contributed by atoms with van der Waals surface area (Å²) in [5, 5.41) is 10.1. The fourth-order valence-corrected chi connectivity index (χ4v) is 3.75. The van der Waals surface area contributed by atoms with Gasteiger partial charge in [0.15, 0.2) is 0 Å². The van der Waals surface area contributed by atoms with Crippen molar-refractivity contribution in [1.82, 2.24) is 9.88 Å². The second kappa shape index (κ2) is 5.52. The Hall–Kier alpha value is -1.42. The maximum Gasteiger partial charge on any atom is 0.255 e. The number of pyridine rings is 1. The van der Waals surface area contributed by atoms with E-state index in [0.717, 1.165) is 44.2 Å². The van der Waals surface area contributed by atoms with Crippen LogP contribution in [0.1, 0.15) is 48.0 Å². The van der Waals surface area contributed by atoms with Crippen LogP contribution < -0.4 is 0 Å². The number of rotatable bonds is 2. The van der Waals surface area contributed by atoms with Crippen LogP contribution in [0.15, 0.2) is 18.5 Å². The standard InChI is InChI=1S/C16H22N2O2/c1-11-8-12(10-17-9-11)16(20)18-7-3-5-14(18)13-4-2-6-15(13)19/h8-10,13-15,19H,2-7H2,1H3. The summed E-state index contributed by atoms with van der Waals surface area (Å²) in [5.41, 5.74) is 1.68. The van der Waals surface area contributed by atoms with Crippen molar-refractivity contribution in [1.29, 1.82) is 0 Å². The number of likely N-dealkylation sites (tertiary alicyclic amines) is 1. The second-order valence-corrected chi connectivity index (χ2v) is 6.12. The molecule has 3 unspecified atom stereocenters. The SMILES string of the molecule is Cc1cncc(C(=O)N2CCCC2C2CCCC2O)c1. The summed E-state index contributed by atoms with van der Waals surface area (Å²) in [7, 11) is 0. The number of aliphatic hydroxyl groups is 1. The van der Waals surface area contributed by atoms with Crippen LogP contribution in [-0.4, -0.2) is 39.6 Å². The number of aliphatic hydroxyl groups excluding tert-OH is 1. The Labute approximate surface area is 119 Å². The molecular weight excluding hydrogens is 252 g/mol. The summed E-state index contributed by atoms with van der Waals surface area (Å²) >= 11 is 0. The van der Waals surface area contributed by atoms with Crippen LogP contribution in [0.3, 0.4) is 0 Å². The highest BCUT2D eigenvalue weighted by Gasteiger charge is 2.40. The highest BCUT2D eigenvalue weighted by molar-refractivity contribution is 5.94. The van der Waals surface area contributed by atoms with E-state index in [1.54, 1.807) is 12.4 Å². The molecule has 1 amide bonds. The molecule has 1 saturated carbocycles. The van der Waals surface area contributed by atoms with Crippen molar-refractivity contribution in [2.45, 2.75) is 51.2 Å². The van der Waals surface area contributed by atoms with Gasteiger partial charge in [0, 0.05) is 30.9 Å². The fourth-order valence-electron chi connectivity index (χ4n) is 3.75. The number of aromatic nitrogens is 1. The summed E-state index contributed by atoms with van der Waals surface area (Å²) in [4.78, 5) is 18.8. The summed E-state index contributed by atoms with van der Waals surface area (Å²) in [6.45, 7) is 2.76. The van der Waals surface area contributed by atoms with Gasteiger partial charge in [-0.2, -0.15) is 0 Å². The molecule has 2 heterocycles. The van der Waals surface area contributed by atoms with Crippen molar-refractivity contribution in [3.63, 3.8) is 0 Å². The Balaban J connectivity index is 1.79. The van der Waals surface area contributed by atoms with Crippen LogP contribution in [-0.2, 0) is 0 Å². The smallest absolute Gasteiger partial charge is 0.255 e. The van der Waals surface area contributed by atoms with E-state index in [0.29, 0.717) is 5.56 Å². The van der Waals surface area contributed by atoms with Gasteiger partial charge in [0.1, 0.15) is 0 Å². The molecule has 3 rings (SSSR count). The monoisotopic (exact) mass is 274 g/mol. The Morgan fingerprint density at radius 3 is 2.85 bits per heavy atom. The van der Waals surface area contributed by atoms with Crippen molar-refractivity contribution < 1.29 is 9.90 Å². The minimum absolute atomic E-state index is 0.0720. The van der Waals surface area contributed by atoms with Crippen molar-refractivity contribution in [2.75, 3.05) is 6.54 Å². The first-order chi connectivity index (χ1) is 9.66. The molecule has 0 aromatic carbocycles. The molecule has 0 bridgehead atoms. The van der Waals surface area contributed by atoms with Gasteiger partial charge in [-0.15, -0.1) is 0 Å². The number of carbonyl (C=O) groups is 1. The number of hydrogen-bond acceptors (Lipinski definition) is 3. The molecule has 0 radical (unpaired) electrons. The van der Waals surface area contributed by atoms with E-state index in [1.807, 2.05) is 17.9 Å². The zero-order valence-electron chi connectivity index (χ0n) is 12.0. The van der Waals surface area contributed by atoms with E-state index < -0.39 is 0 Å². The van der Waals surface area contributed by atoms with Crippen molar-refractivity contribution >= 4 is 5.91 Å².